The van der Waals surface area contributed by atoms with Gasteiger partial charge < -0.3 is 19.3 Å². The van der Waals surface area contributed by atoms with Gasteiger partial charge in [-0.15, -0.1) is 0 Å². The summed E-state index contributed by atoms with van der Waals surface area (Å²) in [6, 6.07) is 0. The molecule has 2 aliphatic carbocycles. The zero-order valence-corrected chi connectivity index (χ0v) is 14.6. The zero-order chi connectivity index (χ0) is 19.4. The molecule has 3 aliphatic rings. The standard InChI is InChI=1S/C17H20O9/c1-17(2,3)26-16(23)11-7-4-6-10(11)15(22)25-13(6)12(7)24-9(19)5-8(18)14(20)21/h6-7,10-13H,4-5H2,1-3H3,(H,20,21). The van der Waals surface area contributed by atoms with Gasteiger partial charge in [0.1, 0.15) is 24.2 Å². The third-order valence-electron chi connectivity index (χ3n) is 5.04. The van der Waals surface area contributed by atoms with Gasteiger partial charge in [-0.1, -0.05) is 0 Å². The Balaban J connectivity index is 1.76. The molecule has 26 heavy (non-hydrogen) atoms. The Hall–Kier alpha value is -2.45. The van der Waals surface area contributed by atoms with Gasteiger partial charge in [-0.05, 0) is 27.2 Å². The van der Waals surface area contributed by atoms with Crippen molar-refractivity contribution in [1.29, 1.82) is 0 Å². The molecule has 2 bridgehead atoms. The third kappa shape index (κ3) is 3.06. The van der Waals surface area contributed by atoms with Crippen molar-refractivity contribution < 1.29 is 43.3 Å². The molecule has 3 rings (SSSR count). The first kappa shape index (κ1) is 18.3. The van der Waals surface area contributed by atoms with E-state index in [0.717, 1.165) is 0 Å². The predicted octanol–water partition coefficient (Wildman–Crippen LogP) is 0.0912. The van der Waals surface area contributed by atoms with Crippen molar-refractivity contribution in [3.63, 3.8) is 0 Å². The second-order valence-electron chi connectivity index (χ2n) is 7.91. The smallest absolute Gasteiger partial charge is 0.372 e. The van der Waals surface area contributed by atoms with Gasteiger partial charge in [0.05, 0.1) is 11.8 Å². The van der Waals surface area contributed by atoms with E-state index in [1.54, 1.807) is 20.8 Å². The van der Waals surface area contributed by atoms with Crippen LogP contribution in [0.15, 0.2) is 0 Å². The van der Waals surface area contributed by atoms with Crippen molar-refractivity contribution in [3.8, 4) is 0 Å². The summed E-state index contributed by atoms with van der Waals surface area (Å²) in [5.41, 5.74) is -0.735. The number of carbonyl (C=O) groups is 5. The average molecular weight is 368 g/mol. The number of ether oxygens (including phenoxy) is 3. The highest BCUT2D eigenvalue weighted by atomic mass is 16.6. The largest absolute Gasteiger partial charge is 0.475 e. The van der Waals surface area contributed by atoms with Gasteiger partial charge in [0.25, 0.3) is 5.78 Å². The molecule has 6 unspecified atom stereocenters. The Morgan fingerprint density at radius 3 is 2.42 bits per heavy atom. The summed E-state index contributed by atoms with van der Waals surface area (Å²) < 4.78 is 15.9. The topological polar surface area (TPSA) is 133 Å². The maximum Gasteiger partial charge on any atom is 0.372 e. The lowest BCUT2D eigenvalue weighted by atomic mass is 9.78. The maximum atomic E-state index is 12.6. The summed E-state index contributed by atoms with van der Waals surface area (Å²) in [5.74, 6) is -7.20. The molecule has 1 N–H and O–H groups in total. The number of carbonyl (C=O) groups excluding carboxylic acids is 4. The monoisotopic (exact) mass is 368 g/mol. The Labute approximate surface area is 149 Å². The van der Waals surface area contributed by atoms with E-state index in [1.807, 2.05) is 0 Å². The molecule has 0 aromatic rings. The van der Waals surface area contributed by atoms with Crippen LogP contribution in [0, 0.1) is 23.7 Å². The van der Waals surface area contributed by atoms with Crippen LogP contribution in [0.4, 0.5) is 0 Å². The lowest BCUT2D eigenvalue weighted by Crippen LogP contribution is -2.45. The fraction of sp³-hybridized carbons (Fsp3) is 0.706. The highest BCUT2D eigenvalue weighted by molar-refractivity contribution is 6.35. The fourth-order valence-electron chi connectivity index (χ4n) is 4.24. The van der Waals surface area contributed by atoms with Crippen molar-refractivity contribution >= 4 is 29.7 Å². The van der Waals surface area contributed by atoms with E-state index in [0.29, 0.717) is 6.42 Å². The molecule has 9 heteroatoms. The number of fused-ring (bicyclic) bond motifs is 1. The predicted molar refractivity (Wildman–Crippen MR) is 81.4 cm³/mol. The van der Waals surface area contributed by atoms with E-state index in [9.17, 15) is 24.0 Å². The van der Waals surface area contributed by atoms with Crippen LogP contribution in [0.2, 0.25) is 0 Å². The highest BCUT2D eigenvalue weighted by Crippen LogP contribution is 2.59. The van der Waals surface area contributed by atoms with E-state index >= 15 is 0 Å². The van der Waals surface area contributed by atoms with Crippen molar-refractivity contribution in [1.82, 2.24) is 0 Å². The van der Waals surface area contributed by atoms with Gasteiger partial charge in [0.15, 0.2) is 0 Å². The molecule has 1 saturated heterocycles. The van der Waals surface area contributed by atoms with Gasteiger partial charge in [0.2, 0.25) is 0 Å². The lowest BCUT2D eigenvalue weighted by Gasteiger charge is -2.32. The minimum Gasteiger partial charge on any atom is -0.475 e. The van der Waals surface area contributed by atoms with Crippen molar-refractivity contribution in [2.75, 3.05) is 0 Å². The number of Topliss-reactive ketones (excluding diaryl/α,β-unsaturated/α-hetero) is 1. The molecule has 0 aromatic heterocycles. The minimum absolute atomic E-state index is 0.252. The molecule has 3 fully saturated rings. The van der Waals surface area contributed by atoms with Gasteiger partial charge in [-0.3, -0.25) is 19.2 Å². The highest BCUT2D eigenvalue weighted by Gasteiger charge is 2.70. The number of carboxylic acid groups (broad SMARTS) is 1. The van der Waals surface area contributed by atoms with Crippen LogP contribution < -0.4 is 0 Å². The van der Waals surface area contributed by atoms with Gasteiger partial charge in [-0.2, -0.15) is 0 Å². The molecule has 0 spiro atoms. The lowest BCUT2D eigenvalue weighted by molar-refractivity contribution is -0.172. The molecule has 9 nitrogen and oxygen atoms in total. The first-order chi connectivity index (χ1) is 12.0. The Bertz CT molecular complexity index is 689. The fourth-order valence-corrected chi connectivity index (χ4v) is 4.24. The van der Waals surface area contributed by atoms with E-state index in [-0.39, 0.29) is 5.92 Å². The normalized spacial score (nSPS) is 34.3. The van der Waals surface area contributed by atoms with Crippen molar-refractivity contribution in [3.05, 3.63) is 0 Å². The molecular weight excluding hydrogens is 348 g/mol. The van der Waals surface area contributed by atoms with Crippen LogP contribution in [-0.2, 0) is 38.2 Å². The number of hydrogen-bond donors (Lipinski definition) is 1. The molecule has 6 atom stereocenters. The average Bonchev–Trinajstić information content (AvgIpc) is 3.08. The van der Waals surface area contributed by atoms with E-state index in [4.69, 9.17) is 19.3 Å². The number of hydrogen-bond acceptors (Lipinski definition) is 8. The number of esters is 3. The number of ketones is 1. The van der Waals surface area contributed by atoms with Gasteiger partial charge in [0, 0.05) is 11.8 Å². The van der Waals surface area contributed by atoms with E-state index in [1.165, 1.54) is 0 Å². The summed E-state index contributed by atoms with van der Waals surface area (Å²) in [6.07, 6.45) is -1.99. The third-order valence-corrected chi connectivity index (χ3v) is 5.04. The second kappa shape index (κ2) is 6.07. The summed E-state index contributed by atoms with van der Waals surface area (Å²) in [4.78, 5) is 58.4. The van der Waals surface area contributed by atoms with Gasteiger partial charge in [-0.25, -0.2) is 4.79 Å². The van der Waals surface area contributed by atoms with Crippen LogP contribution in [0.3, 0.4) is 0 Å². The molecule has 142 valence electrons. The maximum absolute atomic E-state index is 12.6. The summed E-state index contributed by atoms with van der Waals surface area (Å²) in [5, 5.41) is 8.57. The Kier molecular flexibility index (Phi) is 4.28. The molecule has 0 aromatic carbocycles. The van der Waals surface area contributed by atoms with Crippen molar-refractivity contribution in [2.24, 2.45) is 23.7 Å². The summed E-state index contributed by atoms with van der Waals surface area (Å²) in [6.45, 7) is 5.13. The Morgan fingerprint density at radius 1 is 1.19 bits per heavy atom. The zero-order valence-electron chi connectivity index (χ0n) is 14.6. The first-order valence-corrected chi connectivity index (χ1v) is 8.38. The van der Waals surface area contributed by atoms with Crippen LogP contribution in [0.25, 0.3) is 0 Å². The van der Waals surface area contributed by atoms with Crippen LogP contribution in [0.1, 0.15) is 33.6 Å². The Morgan fingerprint density at radius 2 is 1.85 bits per heavy atom. The second-order valence-corrected chi connectivity index (χ2v) is 7.91. The van der Waals surface area contributed by atoms with E-state index in [2.05, 4.69) is 0 Å². The molecule has 1 aliphatic heterocycles. The van der Waals surface area contributed by atoms with E-state index < -0.39 is 71.6 Å². The summed E-state index contributed by atoms with van der Waals surface area (Å²) in [7, 11) is 0. The van der Waals surface area contributed by atoms with Crippen LogP contribution in [-0.4, -0.2) is 52.6 Å². The van der Waals surface area contributed by atoms with Crippen molar-refractivity contribution in [2.45, 2.75) is 51.4 Å². The van der Waals surface area contributed by atoms with Gasteiger partial charge >= 0.3 is 23.9 Å². The summed E-state index contributed by atoms with van der Waals surface area (Å²) >= 11 is 0. The van der Waals surface area contributed by atoms with Crippen LogP contribution >= 0.6 is 0 Å². The number of rotatable bonds is 5. The quantitative estimate of drug-likeness (QED) is 0.310. The number of carboxylic acids is 1. The molecule has 1 heterocycles. The minimum atomic E-state index is -1.73. The molecule has 0 amide bonds. The number of aliphatic carboxylic acids is 1. The first-order valence-electron chi connectivity index (χ1n) is 8.38. The molecule has 0 radical (unpaired) electrons. The molecule has 2 saturated carbocycles. The SMILES string of the molecule is CC(C)(C)OC(=O)C1C2CC3C(OC(=O)C31)C2OC(=O)CC(=O)C(=O)O. The molecular formula is C17H20O9. The van der Waals surface area contributed by atoms with Crippen LogP contribution in [0.5, 0.6) is 0 Å².